The van der Waals surface area contributed by atoms with E-state index in [1.54, 1.807) is 0 Å². The molecule has 2 heteroatoms. The molecule has 0 fully saturated rings. The van der Waals surface area contributed by atoms with Crippen molar-refractivity contribution in [3.63, 3.8) is 0 Å². The minimum absolute atomic E-state index is 0.198. The van der Waals surface area contributed by atoms with Gasteiger partial charge in [0.05, 0.1) is 0 Å². The van der Waals surface area contributed by atoms with Crippen molar-refractivity contribution in [2.24, 2.45) is 0 Å². The van der Waals surface area contributed by atoms with Gasteiger partial charge in [0.1, 0.15) is 0 Å². The minimum Gasteiger partial charge on any atom is -0.361 e. The first kappa shape index (κ1) is 12.7. The molecule has 0 saturated heterocycles. The van der Waals surface area contributed by atoms with E-state index in [1.165, 1.54) is 10.9 Å². The molecule has 1 heterocycles. The summed E-state index contributed by atoms with van der Waals surface area (Å²) in [6.45, 7) is 2.11. The maximum atomic E-state index is 12.3. The molecule has 0 bridgehead atoms. The van der Waals surface area contributed by atoms with Crippen LogP contribution >= 0.6 is 0 Å². The van der Waals surface area contributed by atoms with Gasteiger partial charge < -0.3 is 4.98 Å². The molecule has 1 atom stereocenters. The highest BCUT2D eigenvalue weighted by Crippen LogP contribution is 2.28. The summed E-state index contributed by atoms with van der Waals surface area (Å²) in [5, 5.41) is 1.21. The van der Waals surface area contributed by atoms with Crippen molar-refractivity contribution in [2.45, 2.75) is 19.3 Å². The third-order valence-electron chi connectivity index (χ3n) is 3.74. The molecule has 0 aliphatic rings. The second kappa shape index (κ2) is 5.33. The van der Waals surface area contributed by atoms with Crippen molar-refractivity contribution in [2.75, 3.05) is 0 Å². The number of hydrogen-bond donors (Lipinski definition) is 1. The van der Waals surface area contributed by atoms with Gasteiger partial charge in [-0.05, 0) is 17.5 Å². The van der Waals surface area contributed by atoms with Crippen LogP contribution in [-0.2, 0) is 0 Å². The molecule has 0 aliphatic heterocycles. The van der Waals surface area contributed by atoms with Crippen molar-refractivity contribution >= 4 is 16.7 Å². The third kappa shape index (κ3) is 2.37. The van der Waals surface area contributed by atoms with Crippen molar-refractivity contribution < 1.29 is 4.79 Å². The van der Waals surface area contributed by atoms with E-state index in [0.29, 0.717) is 6.42 Å². The second-order valence-electron chi connectivity index (χ2n) is 5.18. The van der Waals surface area contributed by atoms with Crippen LogP contribution in [0.2, 0.25) is 0 Å². The Labute approximate surface area is 118 Å². The smallest absolute Gasteiger partial charge is 0.163 e. The lowest BCUT2D eigenvalue weighted by Crippen LogP contribution is -2.04. The van der Waals surface area contributed by atoms with Crippen LogP contribution in [0.25, 0.3) is 10.9 Å². The number of aromatic nitrogens is 1. The largest absolute Gasteiger partial charge is 0.361 e. The summed E-state index contributed by atoms with van der Waals surface area (Å²) in [7, 11) is 0. The quantitative estimate of drug-likeness (QED) is 0.688. The van der Waals surface area contributed by atoms with Crippen LogP contribution in [-0.4, -0.2) is 10.8 Å². The first-order valence-electron chi connectivity index (χ1n) is 6.90. The zero-order chi connectivity index (χ0) is 13.9. The molecule has 100 valence electrons. The van der Waals surface area contributed by atoms with E-state index in [4.69, 9.17) is 0 Å². The Hall–Kier alpha value is -2.35. The monoisotopic (exact) mass is 263 g/mol. The standard InChI is InChI=1S/C18H17NO/c1-13(11-18(20)14-7-3-2-4-8-14)16-12-19-17-10-6-5-9-15(16)17/h2-10,12-13,19H,11H2,1H3/t13-/m1/s1. The van der Waals surface area contributed by atoms with Gasteiger partial charge in [-0.15, -0.1) is 0 Å². The summed E-state index contributed by atoms with van der Waals surface area (Å²) in [6.07, 6.45) is 2.56. The third-order valence-corrected chi connectivity index (χ3v) is 3.74. The first-order chi connectivity index (χ1) is 9.75. The summed E-state index contributed by atoms with van der Waals surface area (Å²) in [5.41, 5.74) is 3.13. The molecular weight excluding hydrogens is 246 g/mol. The number of ketones is 1. The molecule has 0 aliphatic carbocycles. The van der Waals surface area contributed by atoms with E-state index in [9.17, 15) is 4.79 Å². The van der Waals surface area contributed by atoms with Crippen LogP contribution in [0.15, 0.2) is 60.8 Å². The van der Waals surface area contributed by atoms with Crippen molar-refractivity contribution in [3.05, 3.63) is 71.9 Å². The predicted octanol–water partition coefficient (Wildman–Crippen LogP) is 4.54. The van der Waals surface area contributed by atoms with E-state index in [2.05, 4.69) is 24.0 Å². The highest BCUT2D eigenvalue weighted by atomic mass is 16.1. The molecule has 0 radical (unpaired) electrons. The van der Waals surface area contributed by atoms with Gasteiger partial charge in [0, 0.05) is 29.1 Å². The van der Waals surface area contributed by atoms with Crippen LogP contribution in [0.1, 0.15) is 35.2 Å². The highest BCUT2D eigenvalue weighted by Gasteiger charge is 2.15. The number of hydrogen-bond acceptors (Lipinski definition) is 1. The van der Waals surface area contributed by atoms with Crippen LogP contribution in [0.4, 0.5) is 0 Å². The van der Waals surface area contributed by atoms with Gasteiger partial charge in [0.15, 0.2) is 5.78 Å². The van der Waals surface area contributed by atoms with Crippen molar-refractivity contribution in [3.8, 4) is 0 Å². The van der Waals surface area contributed by atoms with Crippen molar-refractivity contribution in [1.82, 2.24) is 4.98 Å². The lowest BCUT2D eigenvalue weighted by Gasteiger charge is -2.10. The lowest BCUT2D eigenvalue weighted by molar-refractivity contribution is 0.0976. The topological polar surface area (TPSA) is 32.9 Å². The summed E-state index contributed by atoms with van der Waals surface area (Å²) < 4.78 is 0. The SMILES string of the molecule is C[C@H](CC(=O)c1ccccc1)c1c[nH]c2ccccc12. The van der Waals surface area contributed by atoms with Gasteiger partial charge in [-0.3, -0.25) is 4.79 Å². The average Bonchev–Trinajstić information content (AvgIpc) is 2.92. The summed E-state index contributed by atoms with van der Waals surface area (Å²) >= 11 is 0. The number of carbonyl (C=O) groups excluding carboxylic acids is 1. The van der Waals surface area contributed by atoms with Crippen LogP contribution < -0.4 is 0 Å². The van der Waals surface area contributed by atoms with Crippen LogP contribution in [0.5, 0.6) is 0 Å². The number of fused-ring (bicyclic) bond motifs is 1. The molecule has 20 heavy (non-hydrogen) atoms. The molecule has 1 aromatic heterocycles. The number of carbonyl (C=O) groups is 1. The van der Waals surface area contributed by atoms with Gasteiger partial charge in [0.2, 0.25) is 0 Å². The molecule has 2 nitrogen and oxygen atoms in total. The van der Waals surface area contributed by atoms with E-state index in [0.717, 1.165) is 11.1 Å². The molecule has 1 N–H and O–H groups in total. The van der Waals surface area contributed by atoms with Gasteiger partial charge in [-0.2, -0.15) is 0 Å². The molecular formula is C18H17NO. The number of rotatable bonds is 4. The highest BCUT2D eigenvalue weighted by molar-refractivity contribution is 5.97. The Morgan fingerprint density at radius 2 is 1.75 bits per heavy atom. The zero-order valence-corrected chi connectivity index (χ0v) is 11.5. The lowest BCUT2D eigenvalue weighted by atomic mass is 9.93. The molecule has 3 rings (SSSR count). The summed E-state index contributed by atoms with van der Waals surface area (Å²) in [6, 6.07) is 17.7. The van der Waals surface area contributed by atoms with Gasteiger partial charge in [-0.25, -0.2) is 0 Å². The summed E-state index contributed by atoms with van der Waals surface area (Å²) in [4.78, 5) is 15.5. The van der Waals surface area contributed by atoms with Crippen LogP contribution in [0.3, 0.4) is 0 Å². The molecule has 0 unspecified atom stereocenters. The van der Waals surface area contributed by atoms with Gasteiger partial charge in [0.25, 0.3) is 0 Å². The van der Waals surface area contributed by atoms with Gasteiger partial charge >= 0.3 is 0 Å². The zero-order valence-electron chi connectivity index (χ0n) is 11.5. The number of nitrogens with one attached hydrogen (secondary N) is 1. The van der Waals surface area contributed by atoms with Gasteiger partial charge in [-0.1, -0.05) is 55.5 Å². The molecule has 0 saturated carbocycles. The van der Waals surface area contributed by atoms with E-state index in [1.807, 2.05) is 48.7 Å². The molecule has 2 aromatic carbocycles. The maximum Gasteiger partial charge on any atom is 0.163 e. The Kier molecular flexibility index (Phi) is 3.38. The molecule has 0 amide bonds. The second-order valence-corrected chi connectivity index (χ2v) is 5.18. The number of aromatic amines is 1. The number of H-pyrrole nitrogens is 1. The number of Topliss-reactive ketones (excluding diaryl/α,β-unsaturated/α-hetero) is 1. The molecule has 3 aromatic rings. The van der Waals surface area contributed by atoms with E-state index < -0.39 is 0 Å². The van der Waals surface area contributed by atoms with E-state index >= 15 is 0 Å². The molecule has 0 spiro atoms. The normalized spacial score (nSPS) is 12.4. The Morgan fingerprint density at radius 3 is 2.55 bits per heavy atom. The number of benzene rings is 2. The predicted molar refractivity (Wildman–Crippen MR) is 82.1 cm³/mol. The van der Waals surface area contributed by atoms with E-state index in [-0.39, 0.29) is 11.7 Å². The fourth-order valence-corrected chi connectivity index (χ4v) is 2.63. The maximum absolute atomic E-state index is 12.3. The Bertz CT molecular complexity index is 727. The fourth-order valence-electron chi connectivity index (χ4n) is 2.63. The van der Waals surface area contributed by atoms with Crippen molar-refractivity contribution in [1.29, 1.82) is 0 Å². The van der Waals surface area contributed by atoms with Crippen LogP contribution in [0, 0.1) is 0 Å². The first-order valence-corrected chi connectivity index (χ1v) is 6.90. The minimum atomic E-state index is 0.198. The summed E-state index contributed by atoms with van der Waals surface area (Å²) in [5.74, 6) is 0.405. The average molecular weight is 263 g/mol. The Balaban J connectivity index is 1.83. The Morgan fingerprint density at radius 1 is 1.05 bits per heavy atom. The number of para-hydroxylation sites is 1. The fraction of sp³-hybridized carbons (Fsp3) is 0.167.